The number of carbonyl (C=O) groups excluding carboxylic acids is 2. The van der Waals surface area contributed by atoms with Crippen LogP contribution in [-0.2, 0) is 16.0 Å². The molecule has 1 N–H and O–H groups in total. The van der Waals surface area contributed by atoms with Gasteiger partial charge in [-0.1, -0.05) is 73.7 Å². The second-order valence-electron chi connectivity index (χ2n) is 8.58. The van der Waals surface area contributed by atoms with Gasteiger partial charge in [0, 0.05) is 12.1 Å². The average molecular weight is 486 g/mol. The number of Topliss-reactive ketones (excluding diaryl/α,β-unsaturated/α-hetero) is 1. The van der Waals surface area contributed by atoms with Crippen molar-refractivity contribution in [1.82, 2.24) is 4.90 Å². The second-order valence-corrected chi connectivity index (χ2v) is 8.58. The lowest BCUT2D eigenvalue weighted by atomic mass is 9.95. The Morgan fingerprint density at radius 1 is 0.889 bits per heavy atom. The predicted octanol–water partition coefficient (Wildman–Crippen LogP) is 5.54. The monoisotopic (exact) mass is 485 g/mol. The van der Waals surface area contributed by atoms with Crippen molar-refractivity contribution in [2.24, 2.45) is 0 Å². The zero-order valence-electron chi connectivity index (χ0n) is 20.6. The number of likely N-dealkylation sites (tertiary alicyclic amines) is 1. The van der Waals surface area contributed by atoms with Gasteiger partial charge in [0.05, 0.1) is 24.8 Å². The molecule has 0 aliphatic carbocycles. The summed E-state index contributed by atoms with van der Waals surface area (Å²) in [6.45, 7) is 5.21. The highest BCUT2D eigenvalue weighted by atomic mass is 16.5. The summed E-state index contributed by atoms with van der Waals surface area (Å²) in [7, 11) is 0. The molecule has 186 valence electrons. The molecule has 4 rings (SSSR count). The molecule has 3 aromatic carbocycles. The Hall–Kier alpha value is -4.06. The topological polar surface area (TPSA) is 76.1 Å². The Kier molecular flexibility index (Phi) is 8.06. The van der Waals surface area contributed by atoms with Crippen molar-refractivity contribution in [3.05, 3.63) is 101 Å². The third-order valence-corrected chi connectivity index (χ3v) is 6.12. The normalized spacial score (nSPS) is 16.8. The van der Waals surface area contributed by atoms with Gasteiger partial charge in [0.25, 0.3) is 11.7 Å². The highest BCUT2D eigenvalue weighted by Crippen LogP contribution is 2.42. The number of hydrogen-bond donors (Lipinski definition) is 1. The molecular weight excluding hydrogens is 454 g/mol. The first-order valence-corrected chi connectivity index (χ1v) is 12.3. The van der Waals surface area contributed by atoms with E-state index >= 15 is 0 Å². The van der Waals surface area contributed by atoms with Crippen molar-refractivity contribution in [2.45, 2.75) is 32.7 Å². The molecule has 0 saturated carbocycles. The minimum atomic E-state index is -0.756. The maximum atomic E-state index is 13.3. The summed E-state index contributed by atoms with van der Waals surface area (Å²) in [5.41, 5.74) is 2.28. The lowest BCUT2D eigenvalue weighted by molar-refractivity contribution is -0.139. The first-order valence-electron chi connectivity index (χ1n) is 12.3. The van der Waals surface area contributed by atoms with Crippen LogP contribution in [0.3, 0.4) is 0 Å². The minimum absolute atomic E-state index is 0.0731. The van der Waals surface area contributed by atoms with E-state index in [0.717, 1.165) is 12.0 Å². The summed E-state index contributed by atoms with van der Waals surface area (Å²) >= 11 is 0. The highest BCUT2D eigenvalue weighted by molar-refractivity contribution is 6.46. The number of carbonyl (C=O) groups is 2. The average Bonchev–Trinajstić information content (AvgIpc) is 3.17. The SMILES string of the molecule is CCCOc1ccc(C2/C(=C(\O)c3ccccc3)C(=O)C(=O)N2CCc2ccccc2)cc1OCC. The van der Waals surface area contributed by atoms with Crippen molar-refractivity contribution < 1.29 is 24.2 Å². The maximum absolute atomic E-state index is 13.3. The van der Waals surface area contributed by atoms with E-state index in [4.69, 9.17) is 9.47 Å². The van der Waals surface area contributed by atoms with E-state index in [2.05, 4.69) is 0 Å². The van der Waals surface area contributed by atoms with Gasteiger partial charge in [-0.2, -0.15) is 0 Å². The largest absolute Gasteiger partial charge is 0.507 e. The van der Waals surface area contributed by atoms with Crippen molar-refractivity contribution in [2.75, 3.05) is 19.8 Å². The molecule has 1 heterocycles. The number of ether oxygens (including phenoxy) is 2. The van der Waals surface area contributed by atoms with Crippen molar-refractivity contribution >= 4 is 17.4 Å². The van der Waals surface area contributed by atoms with Crippen molar-refractivity contribution in [3.63, 3.8) is 0 Å². The number of aliphatic hydroxyl groups is 1. The van der Waals surface area contributed by atoms with Crippen LogP contribution in [-0.4, -0.2) is 41.5 Å². The highest BCUT2D eigenvalue weighted by Gasteiger charge is 2.46. The van der Waals surface area contributed by atoms with E-state index in [1.54, 1.807) is 41.3 Å². The Balaban J connectivity index is 1.80. The fourth-order valence-corrected chi connectivity index (χ4v) is 4.40. The van der Waals surface area contributed by atoms with Crippen LogP contribution in [0, 0.1) is 0 Å². The number of aliphatic hydroxyl groups excluding tert-OH is 1. The maximum Gasteiger partial charge on any atom is 0.295 e. The molecule has 1 atom stereocenters. The van der Waals surface area contributed by atoms with Gasteiger partial charge in [0.1, 0.15) is 5.76 Å². The van der Waals surface area contributed by atoms with Crippen molar-refractivity contribution in [3.8, 4) is 11.5 Å². The van der Waals surface area contributed by atoms with Crippen LogP contribution in [0.5, 0.6) is 11.5 Å². The van der Waals surface area contributed by atoms with Crippen LogP contribution in [0.25, 0.3) is 5.76 Å². The standard InChI is InChI=1S/C30H31NO5/c1-3-19-36-24-16-15-23(20-25(24)35-4-2)27-26(28(32)22-13-9-6-10-14-22)29(33)30(34)31(27)18-17-21-11-7-5-8-12-21/h5-16,20,27,32H,3-4,17-19H2,1-2H3/b28-26+. The number of rotatable bonds is 10. The molecule has 6 nitrogen and oxygen atoms in total. The molecule has 36 heavy (non-hydrogen) atoms. The number of nitrogens with zero attached hydrogens (tertiary/aromatic N) is 1. The Labute approximate surface area is 211 Å². The molecule has 1 aliphatic rings. The van der Waals surface area contributed by atoms with Gasteiger partial charge in [0.15, 0.2) is 11.5 Å². The first kappa shape index (κ1) is 25.0. The van der Waals surface area contributed by atoms with E-state index in [1.165, 1.54) is 0 Å². The first-order chi connectivity index (χ1) is 17.5. The minimum Gasteiger partial charge on any atom is -0.507 e. The Bertz CT molecular complexity index is 1240. The van der Waals surface area contributed by atoms with Gasteiger partial charge < -0.3 is 19.5 Å². The zero-order valence-corrected chi connectivity index (χ0v) is 20.6. The third-order valence-electron chi connectivity index (χ3n) is 6.12. The smallest absolute Gasteiger partial charge is 0.295 e. The fraction of sp³-hybridized carbons (Fsp3) is 0.267. The molecule has 0 aromatic heterocycles. The van der Waals surface area contributed by atoms with Crippen LogP contribution < -0.4 is 9.47 Å². The number of amides is 1. The lowest BCUT2D eigenvalue weighted by Gasteiger charge is -2.26. The Morgan fingerprint density at radius 3 is 2.25 bits per heavy atom. The van der Waals surface area contributed by atoms with Gasteiger partial charge in [-0.3, -0.25) is 9.59 Å². The van der Waals surface area contributed by atoms with Gasteiger partial charge in [-0.25, -0.2) is 0 Å². The molecule has 1 unspecified atom stereocenters. The van der Waals surface area contributed by atoms with E-state index < -0.39 is 17.7 Å². The molecule has 3 aromatic rings. The molecule has 6 heteroatoms. The van der Waals surface area contributed by atoms with Crippen LogP contribution in [0.1, 0.15) is 43.0 Å². The van der Waals surface area contributed by atoms with Crippen LogP contribution in [0.2, 0.25) is 0 Å². The molecule has 0 radical (unpaired) electrons. The lowest BCUT2D eigenvalue weighted by Crippen LogP contribution is -2.31. The third kappa shape index (κ3) is 5.28. The number of hydrogen-bond acceptors (Lipinski definition) is 5. The van der Waals surface area contributed by atoms with E-state index in [-0.39, 0.29) is 11.3 Å². The van der Waals surface area contributed by atoms with Gasteiger partial charge >= 0.3 is 0 Å². The summed E-state index contributed by atoms with van der Waals surface area (Å²) in [5.74, 6) is -0.370. The Morgan fingerprint density at radius 2 is 1.58 bits per heavy atom. The molecule has 1 aliphatic heterocycles. The molecular formula is C30H31NO5. The quantitative estimate of drug-likeness (QED) is 0.232. The molecule has 0 spiro atoms. The fourth-order valence-electron chi connectivity index (χ4n) is 4.40. The summed E-state index contributed by atoms with van der Waals surface area (Å²) in [6.07, 6.45) is 1.43. The van der Waals surface area contributed by atoms with Gasteiger partial charge in [-0.15, -0.1) is 0 Å². The summed E-state index contributed by atoms with van der Waals surface area (Å²) in [4.78, 5) is 28.1. The van der Waals surface area contributed by atoms with Crippen molar-refractivity contribution in [1.29, 1.82) is 0 Å². The van der Waals surface area contributed by atoms with E-state index in [0.29, 0.717) is 48.8 Å². The van der Waals surface area contributed by atoms with Gasteiger partial charge in [0.2, 0.25) is 0 Å². The van der Waals surface area contributed by atoms with Crippen LogP contribution in [0.15, 0.2) is 84.4 Å². The number of benzene rings is 3. The van der Waals surface area contributed by atoms with Crippen LogP contribution >= 0.6 is 0 Å². The van der Waals surface area contributed by atoms with Gasteiger partial charge in [-0.05, 0) is 43.0 Å². The predicted molar refractivity (Wildman–Crippen MR) is 139 cm³/mol. The summed E-state index contributed by atoms with van der Waals surface area (Å²) in [5, 5.41) is 11.2. The second kappa shape index (κ2) is 11.6. The summed E-state index contributed by atoms with van der Waals surface area (Å²) < 4.78 is 11.7. The number of ketones is 1. The van der Waals surface area contributed by atoms with E-state index in [1.807, 2.05) is 56.3 Å². The molecule has 1 saturated heterocycles. The molecule has 1 amide bonds. The van der Waals surface area contributed by atoms with E-state index in [9.17, 15) is 14.7 Å². The van der Waals surface area contributed by atoms with Crippen LogP contribution in [0.4, 0.5) is 0 Å². The summed E-state index contributed by atoms with van der Waals surface area (Å²) in [6, 6.07) is 23.3. The molecule has 0 bridgehead atoms. The molecule has 1 fully saturated rings. The zero-order chi connectivity index (χ0) is 25.5.